The number of benzene rings is 2. The van der Waals surface area contributed by atoms with Crippen LogP contribution in [0.2, 0.25) is 0 Å². The molecule has 0 amide bonds. The predicted octanol–water partition coefficient (Wildman–Crippen LogP) is 3.38. The van der Waals surface area contributed by atoms with Crippen molar-refractivity contribution < 1.29 is 9.90 Å². The second-order valence-corrected chi connectivity index (χ2v) is 2.83. The molecule has 1 N–H and O–H groups in total. The SMILES string of the molecule is Cl.Cl.O=C(O)c1cccc2ccccc12. The molecule has 0 saturated carbocycles. The summed E-state index contributed by atoms with van der Waals surface area (Å²) in [6, 6.07) is 12.7. The van der Waals surface area contributed by atoms with Crippen LogP contribution >= 0.6 is 24.8 Å². The zero-order chi connectivity index (χ0) is 9.26. The number of carboxylic acids is 1. The third-order valence-electron chi connectivity index (χ3n) is 2.02. The zero-order valence-corrected chi connectivity index (χ0v) is 9.35. The van der Waals surface area contributed by atoms with Crippen LogP contribution in [0.15, 0.2) is 42.5 Å². The van der Waals surface area contributed by atoms with Crippen LogP contribution in [0.5, 0.6) is 0 Å². The van der Waals surface area contributed by atoms with Gasteiger partial charge >= 0.3 is 5.97 Å². The molecule has 4 heteroatoms. The zero-order valence-electron chi connectivity index (χ0n) is 7.71. The summed E-state index contributed by atoms with van der Waals surface area (Å²) < 4.78 is 0. The maximum Gasteiger partial charge on any atom is 0.336 e. The summed E-state index contributed by atoms with van der Waals surface area (Å²) in [6.45, 7) is 0. The van der Waals surface area contributed by atoms with Gasteiger partial charge in [0.15, 0.2) is 0 Å². The molecule has 0 spiro atoms. The minimum Gasteiger partial charge on any atom is -0.478 e. The molecule has 15 heavy (non-hydrogen) atoms. The van der Waals surface area contributed by atoms with Crippen LogP contribution in [0, 0.1) is 0 Å². The average Bonchev–Trinajstić information content (AvgIpc) is 2.17. The molecule has 0 fully saturated rings. The summed E-state index contributed by atoms with van der Waals surface area (Å²) in [5, 5.41) is 10.6. The highest BCUT2D eigenvalue weighted by atomic mass is 35.5. The van der Waals surface area contributed by atoms with Crippen molar-refractivity contribution in [3.05, 3.63) is 48.0 Å². The van der Waals surface area contributed by atoms with E-state index in [1.54, 1.807) is 12.1 Å². The number of carboxylic acid groups (broad SMARTS) is 1. The smallest absolute Gasteiger partial charge is 0.336 e. The molecular formula is C11H10Cl2O2. The van der Waals surface area contributed by atoms with Crippen molar-refractivity contribution >= 4 is 41.6 Å². The molecule has 2 aromatic rings. The van der Waals surface area contributed by atoms with Crippen LogP contribution in [0.4, 0.5) is 0 Å². The van der Waals surface area contributed by atoms with Gasteiger partial charge in [-0.2, -0.15) is 0 Å². The Hall–Kier alpha value is -1.25. The molecule has 2 rings (SSSR count). The van der Waals surface area contributed by atoms with E-state index in [1.165, 1.54) is 0 Å². The molecule has 0 atom stereocenters. The highest BCUT2D eigenvalue weighted by Crippen LogP contribution is 2.17. The molecule has 0 radical (unpaired) electrons. The number of halogens is 2. The van der Waals surface area contributed by atoms with Crippen LogP contribution in [0.25, 0.3) is 10.8 Å². The first-order valence-corrected chi connectivity index (χ1v) is 4.00. The second kappa shape index (κ2) is 5.59. The van der Waals surface area contributed by atoms with Crippen molar-refractivity contribution in [2.24, 2.45) is 0 Å². The normalized spacial score (nSPS) is 8.80. The third kappa shape index (κ3) is 2.61. The summed E-state index contributed by atoms with van der Waals surface area (Å²) in [6.07, 6.45) is 0. The van der Waals surface area contributed by atoms with Crippen LogP contribution in [-0.4, -0.2) is 11.1 Å². The topological polar surface area (TPSA) is 37.3 Å². The molecule has 2 aromatic carbocycles. The molecule has 2 nitrogen and oxygen atoms in total. The largest absolute Gasteiger partial charge is 0.478 e. The van der Waals surface area contributed by atoms with Crippen molar-refractivity contribution in [3.63, 3.8) is 0 Å². The third-order valence-corrected chi connectivity index (χ3v) is 2.02. The lowest BCUT2D eigenvalue weighted by Crippen LogP contribution is -1.96. The maximum absolute atomic E-state index is 10.8. The molecule has 0 aliphatic heterocycles. The van der Waals surface area contributed by atoms with Gasteiger partial charge in [-0.3, -0.25) is 0 Å². The molecule has 0 bridgehead atoms. The monoisotopic (exact) mass is 244 g/mol. The lowest BCUT2D eigenvalue weighted by molar-refractivity contribution is 0.0699. The van der Waals surface area contributed by atoms with Gasteiger partial charge in [0.1, 0.15) is 0 Å². The highest BCUT2D eigenvalue weighted by molar-refractivity contribution is 6.03. The summed E-state index contributed by atoms with van der Waals surface area (Å²) in [5.74, 6) is -0.878. The van der Waals surface area contributed by atoms with Crippen molar-refractivity contribution in [1.29, 1.82) is 0 Å². The van der Waals surface area contributed by atoms with E-state index in [2.05, 4.69) is 0 Å². The molecule has 0 aliphatic rings. The van der Waals surface area contributed by atoms with E-state index < -0.39 is 5.97 Å². The van der Waals surface area contributed by atoms with Gasteiger partial charge in [0.05, 0.1) is 5.56 Å². The summed E-state index contributed by atoms with van der Waals surface area (Å²) in [4.78, 5) is 10.8. The van der Waals surface area contributed by atoms with Gasteiger partial charge in [-0.05, 0) is 16.8 Å². The Bertz CT molecular complexity index is 464. The molecule has 0 aliphatic carbocycles. The van der Waals surface area contributed by atoms with E-state index >= 15 is 0 Å². The van der Waals surface area contributed by atoms with E-state index in [1.807, 2.05) is 30.3 Å². The summed E-state index contributed by atoms with van der Waals surface area (Å²) in [5.41, 5.74) is 0.359. The number of carbonyl (C=O) groups is 1. The number of hydrogen-bond acceptors (Lipinski definition) is 1. The quantitative estimate of drug-likeness (QED) is 0.836. The van der Waals surface area contributed by atoms with Crippen LogP contribution in [-0.2, 0) is 0 Å². The standard InChI is InChI=1S/C11H8O2.2ClH/c12-11(13)10-7-3-5-8-4-1-2-6-9(8)10;;/h1-7H,(H,12,13);2*1H. The van der Waals surface area contributed by atoms with Crippen molar-refractivity contribution in [3.8, 4) is 0 Å². The van der Waals surface area contributed by atoms with Crippen molar-refractivity contribution in [2.75, 3.05) is 0 Å². The van der Waals surface area contributed by atoms with Gasteiger partial charge in [-0.1, -0.05) is 36.4 Å². The minimum absolute atomic E-state index is 0. The fourth-order valence-corrected chi connectivity index (χ4v) is 1.41. The minimum atomic E-state index is -0.878. The van der Waals surface area contributed by atoms with Gasteiger partial charge in [0.2, 0.25) is 0 Å². The fourth-order valence-electron chi connectivity index (χ4n) is 1.41. The average molecular weight is 245 g/mol. The number of rotatable bonds is 1. The fraction of sp³-hybridized carbons (Fsp3) is 0. The Morgan fingerprint density at radius 2 is 1.53 bits per heavy atom. The Morgan fingerprint density at radius 3 is 2.20 bits per heavy atom. The van der Waals surface area contributed by atoms with Gasteiger partial charge in [-0.15, -0.1) is 24.8 Å². The molecular weight excluding hydrogens is 235 g/mol. The predicted molar refractivity (Wildman–Crippen MR) is 65.4 cm³/mol. The molecule has 0 unspecified atom stereocenters. The van der Waals surface area contributed by atoms with E-state index in [0.717, 1.165) is 10.8 Å². The van der Waals surface area contributed by atoms with Gasteiger partial charge in [0.25, 0.3) is 0 Å². The lowest BCUT2D eigenvalue weighted by Gasteiger charge is -2.00. The molecule has 0 aromatic heterocycles. The first kappa shape index (κ1) is 13.8. The van der Waals surface area contributed by atoms with Crippen LogP contribution in [0.3, 0.4) is 0 Å². The van der Waals surface area contributed by atoms with E-state index in [-0.39, 0.29) is 24.8 Å². The Labute approximate surface area is 99.7 Å². The van der Waals surface area contributed by atoms with Crippen LogP contribution < -0.4 is 0 Å². The first-order chi connectivity index (χ1) is 6.29. The molecule has 0 heterocycles. The van der Waals surface area contributed by atoms with E-state index in [4.69, 9.17) is 5.11 Å². The van der Waals surface area contributed by atoms with Gasteiger partial charge < -0.3 is 5.11 Å². The summed E-state index contributed by atoms with van der Waals surface area (Å²) in [7, 11) is 0. The molecule has 0 saturated heterocycles. The van der Waals surface area contributed by atoms with Crippen molar-refractivity contribution in [1.82, 2.24) is 0 Å². The van der Waals surface area contributed by atoms with E-state index in [0.29, 0.717) is 5.56 Å². The highest BCUT2D eigenvalue weighted by Gasteiger charge is 2.05. The second-order valence-electron chi connectivity index (χ2n) is 2.83. The van der Waals surface area contributed by atoms with Gasteiger partial charge in [0, 0.05) is 0 Å². The Balaban J connectivity index is 0.000000980. The number of fused-ring (bicyclic) bond motifs is 1. The van der Waals surface area contributed by atoms with Crippen LogP contribution in [0.1, 0.15) is 10.4 Å². The Kier molecular flexibility index (Phi) is 5.12. The maximum atomic E-state index is 10.8. The number of aromatic carboxylic acids is 1. The summed E-state index contributed by atoms with van der Waals surface area (Å²) >= 11 is 0. The number of hydrogen-bond donors (Lipinski definition) is 1. The molecule has 80 valence electrons. The van der Waals surface area contributed by atoms with Crippen molar-refractivity contribution in [2.45, 2.75) is 0 Å². The van der Waals surface area contributed by atoms with Gasteiger partial charge in [-0.25, -0.2) is 4.79 Å². The van der Waals surface area contributed by atoms with E-state index in [9.17, 15) is 4.79 Å². The first-order valence-electron chi connectivity index (χ1n) is 4.00. The lowest BCUT2D eigenvalue weighted by atomic mass is 10.1. The Morgan fingerprint density at radius 1 is 0.933 bits per heavy atom.